The Hall–Kier alpha value is -2.83. The molecule has 2 aliphatic rings. The van der Waals surface area contributed by atoms with Crippen molar-refractivity contribution in [2.24, 2.45) is 5.92 Å². The number of halogens is 3. The van der Waals surface area contributed by atoms with Crippen LogP contribution >= 0.6 is 0 Å². The van der Waals surface area contributed by atoms with Gasteiger partial charge in [0.05, 0.1) is 16.9 Å². The Kier molecular flexibility index (Phi) is 3.98. The Morgan fingerprint density at radius 1 is 1.04 bits per heavy atom. The third kappa shape index (κ3) is 2.97. The number of carbonyl (C=O) groups excluding carboxylic acids is 2. The van der Waals surface area contributed by atoms with Crippen LogP contribution < -0.4 is 9.80 Å². The molecule has 27 heavy (non-hydrogen) atoms. The van der Waals surface area contributed by atoms with Crippen molar-refractivity contribution in [1.82, 2.24) is 0 Å². The highest BCUT2D eigenvalue weighted by Crippen LogP contribution is 2.40. The lowest BCUT2D eigenvalue weighted by molar-refractivity contribution is -0.137. The van der Waals surface area contributed by atoms with Crippen LogP contribution in [0.25, 0.3) is 0 Å². The number of benzene rings is 2. The van der Waals surface area contributed by atoms with Crippen LogP contribution in [0.3, 0.4) is 0 Å². The van der Waals surface area contributed by atoms with Crippen LogP contribution in [-0.4, -0.2) is 25.4 Å². The summed E-state index contributed by atoms with van der Waals surface area (Å²) in [5.74, 6) is -0.951. The van der Waals surface area contributed by atoms with Gasteiger partial charge in [0.25, 0.3) is 0 Å². The van der Waals surface area contributed by atoms with E-state index in [1.807, 2.05) is 24.3 Å². The molecule has 0 atom stereocenters. The summed E-state index contributed by atoms with van der Waals surface area (Å²) in [4.78, 5) is 27.9. The second-order valence-corrected chi connectivity index (χ2v) is 6.95. The molecule has 0 aromatic heterocycles. The van der Waals surface area contributed by atoms with Gasteiger partial charge in [-0.25, -0.2) is 0 Å². The first kappa shape index (κ1) is 17.6. The summed E-state index contributed by atoms with van der Waals surface area (Å²) in [6, 6.07) is 10.9. The molecule has 1 aliphatic heterocycles. The number of hydrogen-bond acceptors (Lipinski definition) is 2. The summed E-state index contributed by atoms with van der Waals surface area (Å²) in [5, 5.41) is 0. The molecule has 0 spiro atoms. The molecule has 7 heteroatoms. The second-order valence-electron chi connectivity index (χ2n) is 6.95. The zero-order chi connectivity index (χ0) is 19.3. The third-order valence-corrected chi connectivity index (χ3v) is 5.29. The zero-order valence-corrected chi connectivity index (χ0v) is 14.6. The van der Waals surface area contributed by atoms with Gasteiger partial charge in [-0.05, 0) is 42.2 Å². The predicted molar refractivity (Wildman–Crippen MR) is 94.5 cm³/mol. The molecular formula is C20H17F3N2O2. The van der Waals surface area contributed by atoms with Gasteiger partial charge in [-0.2, -0.15) is 13.2 Å². The first-order valence-corrected chi connectivity index (χ1v) is 8.61. The standard InChI is InChI=1S/C20H17F3N2O2/c1-24-17-10-15(20(21,22)23)6-7-16(17)25(11-18(24)26)19(27)14-8-12-4-2-3-5-13(12)9-14/h2-7,10,14H,8-9,11H2,1H3. The number of alkyl halides is 3. The van der Waals surface area contributed by atoms with Crippen molar-refractivity contribution in [3.8, 4) is 0 Å². The summed E-state index contributed by atoms with van der Waals surface area (Å²) in [7, 11) is 1.43. The van der Waals surface area contributed by atoms with Gasteiger partial charge in [0.15, 0.2) is 0 Å². The average molecular weight is 374 g/mol. The molecule has 0 N–H and O–H groups in total. The Balaban J connectivity index is 1.68. The van der Waals surface area contributed by atoms with E-state index >= 15 is 0 Å². The highest BCUT2D eigenvalue weighted by molar-refractivity contribution is 6.11. The second kappa shape index (κ2) is 6.11. The van der Waals surface area contributed by atoms with Crippen molar-refractivity contribution in [2.75, 3.05) is 23.4 Å². The van der Waals surface area contributed by atoms with Gasteiger partial charge in [0, 0.05) is 13.0 Å². The molecule has 2 amide bonds. The number of carbonyl (C=O) groups is 2. The maximum atomic E-state index is 13.1. The fourth-order valence-electron chi connectivity index (χ4n) is 3.81. The summed E-state index contributed by atoms with van der Waals surface area (Å²) >= 11 is 0. The summed E-state index contributed by atoms with van der Waals surface area (Å²) in [6.45, 7) is -0.166. The molecule has 1 heterocycles. The Morgan fingerprint density at radius 3 is 2.26 bits per heavy atom. The minimum absolute atomic E-state index is 0.102. The lowest BCUT2D eigenvalue weighted by Crippen LogP contribution is -2.48. The molecule has 2 aromatic carbocycles. The summed E-state index contributed by atoms with van der Waals surface area (Å²) in [6.07, 6.45) is -3.37. The highest BCUT2D eigenvalue weighted by Gasteiger charge is 2.38. The highest BCUT2D eigenvalue weighted by atomic mass is 19.4. The molecule has 0 saturated carbocycles. The van der Waals surface area contributed by atoms with Gasteiger partial charge < -0.3 is 9.80 Å². The van der Waals surface area contributed by atoms with Crippen molar-refractivity contribution in [1.29, 1.82) is 0 Å². The average Bonchev–Trinajstić information content (AvgIpc) is 3.07. The van der Waals surface area contributed by atoms with Crippen LogP contribution in [0.5, 0.6) is 0 Å². The van der Waals surface area contributed by atoms with Crippen molar-refractivity contribution in [3.05, 3.63) is 59.2 Å². The molecule has 0 unspecified atom stereocenters. The zero-order valence-electron chi connectivity index (χ0n) is 14.6. The van der Waals surface area contributed by atoms with Gasteiger partial charge >= 0.3 is 6.18 Å². The van der Waals surface area contributed by atoms with E-state index in [2.05, 4.69) is 0 Å². The maximum Gasteiger partial charge on any atom is 0.416 e. The Morgan fingerprint density at radius 2 is 1.67 bits per heavy atom. The first-order chi connectivity index (χ1) is 12.8. The molecule has 0 radical (unpaired) electrons. The molecule has 2 aromatic rings. The van der Waals surface area contributed by atoms with Gasteiger partial charge in [0.1, 0.15) is 6.54 Å². The lowest BCUT2D eigenvalue weighted by atomic mass is 10.0. The van der Waals surface area contributed by atoms with E-state index in [0.717, 1.165) is 23.3 Å². The van der Waals surface area contributed by atoms with E-state index in [1.165, 1.54) is 22.9 Å². The van der Waals surface area contributed by atoms with Gasteiger partial charge in [0.2, 0.25) is 11.8 Å². The number of hydrogen-bond donors (Lipinski definition) is 0. The van der Waals surface area contributed by atoms with E-state index in [9.17, 15) is 22.8 Å². The number of fused-ring (bicyclic) bond motifs is 2. The van der Waals surface area contributed by atoms with Crippen LogP contribution in [0.4, 0.5) is 24.5 Å². The molecule has 4 nitrogen and oxygen atoms in total. The molecule has 4 rings (SSSR count). The molecule has 0 fully saturated rings. The first-order valence-electron chi connectivity index (χ1n) is 8.61. The SMILES string of the molecule is CN1C(=O)CN(C(=O)C2Cc3ccccc3C2)c2ccc(C(F)(F)F)cc21. The van der Waals surface area contributed by atoms with E-state index in [-0.39, 0.29) is 24.1 Å². The smallest absolute Gasteiger partial charge is 0.312 e. The third-order valence-electron chi connectivity index (χ3n) is 5.29. The van der Waals surface area contributed by atoms with Crippen LogP contribution in [0.2, 0.25) is 0 Å². The Labute approximate surface area is 154 Å². The van der Waals surface area contributed by atoms with Crippen LogP contribution in [-0.2, 0) is 28.6 Å². The van der Waals surface area contributed by atoms with E-state index in [0.29, 0.717) is 18.5 Å². The molecule has 140 valence electrons. The van der Waals surface area contributed by atoms with E-state index in [1.54, 1.807) is 0 Å². The Bertz CT molecular complexity index is 914. The largest absolute Gasteiger partial charge is 0.416 e. The fourth-order valence-corrected chi connectivity index (χ4v) is 3.81. The molecule has 0 saturated heterocycles. The fraction of sp³-hybridized carbons (Fsp3) is 0.300. The van der Waals surface area contributed by atoms with Crippen molar-refractivity contribution >= 4 is 23.2 Å². The topological polar surface area (TPSA) is 40.6 Å². The van der Waals surface area contributed by atoms with E-state index < -0.39 is 17.6 Å². The number of nitrogens with zero attached hydrogens (tertiary/aromatic N) is 2. The monoisotopic (exact) mass is 374 g/mol. The molecular weight excluding hydrogens is 357 g/mol. The lowest BCUT2D eigenvalue weighted by Gasteiger charge is -2.35. The van der Waals surface area contributed by atoms with Crippen LogP contribution in [0.15, 0.2) is 42.5 Å². The minimum Gasteiger partial charge on any atom is -0.312 e. The molecule has 0 bridgehead atoms. The van der Waals surface area contributed by atoms with Crippen LogP contribution in [0.1, 0.15) is 16.7 Å². The number of anilines is 2. The van der Waals surface area contributed by atoms with Crippen LogP contribution in [0, 0.1) is 5.92 Å². The molecule has 1 aliphatic carbocycles. The normalized spacial score (nSPS) is 17.1. The summed E-state index contributed by atoms with van der Waals surface area (Å²) < 4.78 is 39.2. The summed E-state index contributed by atoms with van der Waals surface area (Å²) in [5.41, 5.74) is 1.80. The minimum atomic E-state index is -4.52. The van der Waals surface area contributed by atoms with Gasteiger partial charge in [-0.3, -0.25) is 9.59 Å². The van der Waals surface area contributed by atoms with E-state index in [4.69, 9.17) is 0 Å². The quantitative estimate of drug-likeness (QED) is 0.767. The maximum absolute atomic E-state index is 13.1. The van der Waals surface area contributed by atoms with Gasteiger partial charge in [-0.15, -0.1) is 0 Å². The number of rotatable bonds is 1. The van der Waals surface area contributed by atoms with Crippen molar-refractivity contribution in [2.45, 2.75) is 19.0 Å². The number of likely N-dealkylation sites (N-methyl/N-ethyl adjacent to an activating group) is 1. The van der Waals surface area contributed by atoms with Crippen molar-refractivity contribution in [3.63, 3.8) is 0 Å². The van der Waals surface area contributed by atoms with Gasteiger partial charge in [-0.1, -0.05) is 24.3 Å². The number of amides is 2. The van der Waals surface area contributed by atoms with Crippen molar-refractivity contribution < 1.29 is 22.8 Å². The predicted octanol–water partition coefficient (Wildman–Crippen LogP) is 3.43.